The van der Waals surface area contributed by atoms with Crippen LogP contribution in [0.1, 0.15) is 47.0 Å². The molecule has 0 aromatic heterocycles. The number of benzene rings is 7. The third kappa shape index (κ3) is 8.81. The van der Waals surface area contributed by atoms with Crippen molar-refractivity contribution in [2.75, 3.05) is 10.6 Å². The second-order valence-electron chi connectivity index (χ2n) is 13.3. The van der Waals surface area contributed by atoms with Crippen LogP contribution in [-0.2, 0) is 4.57 Å². The molecule has 0 fully saturated rings. The summed E-state index contributed by atoms with van der Waals surface area (Å²) in [6.07, 6.45) is 0. The van der Waals surface area contributed by atoms with E-state index in [1.807, 2.05) is 36.4 Å². The molecular formula is C47H35N2O9P. The lowest BCUT2D eigenvalue weighted by molar-refractivity contribution is 0.0683. The molecule has 7 aromatic rings. The SMILES string of the molecule is Cc1ccc(C(=O)O)c(C(=O)Nc2cccc(Oc3ccc(P(=O)(c4ccccc4)c4ccccc4)c(Oc4cccc(NC(=O)c5ccccc5C(=O)O)c4)c3)c2)c1. The van der Waals surface area contributed by atoms with Gasteiger partial charge in [0.1, 0.15) is 23.0 Å². The average Bonchev–Trinajstić information content (AvgIpc) is 3.24. The van der Waals surface area contributed by atoms with E-state index in [4.69, 9.17) is 9.47 Å². The van der Waals surface area contributed by atoms with Gasteiger partial charge in [-0.05, 0) is 67.6 Å². The Morgan fingerprint density at radius 1 is 0.475 bits per heavy atom. The molecule has 0 aliphatic carbocycles. The molecule has 7 rings (SSSR count). The summed E-state index contributed by atoms with van der Waals surface area (Å²) in [6.45, 7) is 1.76. The van der Waals surface area contributed by atoms with Crippen molar-refractivity contribution in [3.63, 3.8) is 0 Å². The summed E-state index contributed by atoms with van der Waals surface area (Å²) >= 11 is 0. The maximum atomic E-state index is 15.6. The van der Waals surface area contributed by atoms with Crippen molar-refractivity contribution in [2.24, 2.45) is 0 Å². The normalized spacial score (nSPS) is 10.9. The van der Waals surface area contributed by atoms with Crippen molar-refractivity contribution in [3.05, 3.63) is 198 Å². The van der Waals surface area contributed by atoms with Gasteiger partial charge in [-0.25, -0.2) is 9.59 Å². The number of aromatic carboxylic acids is 2. The van der Waals surface area contributed by atoms with Crippen LogP contribution in [0.25, 0.3) is 0 Å². The van der Waals surface area contributed by atoms with Crippen molar-refractivity contribution in [1.29, 1.82) is 0 Å². The first kappa shape index (κ1) is 39.5. The lowest BCUT2D eigenvalue weighted by Crippen LogP contribution is -2.26. The summed E-state index contributed by atoms with van der Waals surface area (Å²) in [5.74, 6) is -2.64. The molecule has 0 atom stereocenters. The van der Waals surface area contributed by atoms with Crippen LogP contribution < -0.4 is 36.0 Å². The number of rotatable bonds is 13. The van der Waals surface area contributed by atoms with Crippen molar-refractivity contribution < 1.29 is 43.4 Å². The molecule has 0 saturated carbocycles. The Labute approximate surface area is 338 Å². The Kier molecular flexibility index (Phi) is 11.5. The van der Waals surface area contributed by atoms with Crippen LogP contribution in [0.15, 0.2) is 170 Å². The number of hydrogen-bond acceptors (Lipinski definition) is 7. The van der Waals surface area contributed by atoms with Crippen LogP contribution in [0.4, 0.5) is 11.4 Å². The fraction of sp³-hybridized carbons (Fsp3) is 0.0213. The molecule has 0 heterocycles. The quantitative estimate of drug-likeness (QED) is 0.0831. The lowest BCUT2D eigenvalue weighted by atomic mass is 10.0. The summed E-state index contributed by atoms with van der Waals surface area (Å²) in [7, 11) is -3.61. The smallest absolute Gasteiger partial charge is 0.336 e. The Hall–Kier alpha value is -7.75. The fourth-order valence-electron chi connectivity index (χ4n) is 6.44. The first-order valence-electron chi connectivity index (χ1n) is 18.2. The van der Waals surface area contributed by atoms with Crippen LogP contribution >= 0.6 is 7.14 Å². The number of carbonyl (C=O) groups is 4. The van der Waals surface area contributed by atoms with E-state index in [9.17, 15) is 29.4 Å². The van der Waals surface area contributed by atoms with Crippen molar-refractivity contribution in [1.82, 2.24) is 0 Å². The lowest BCUT2D eigenvalue weighted by Gasteiger charge is -2.23. The van der Waals surface area contributed by atoms with Crippen LogP contribution in [0, 0.1) is 6.92 Å². The summed E-state index contributed by atoms with van der Waals surface area (Å²) in [4.78, 5) is 50.1. The monoisotopic (exact) mass is 802 g/mol. The number of anilines is 2. The number of carboxylic acids is 2. The highest BCUT2D eigenvalue weighted by Gasteiger charge is 2.33. The number of aryl methyl sites for hydroxylation is 1. The number of amides is 2. The van der Waals surface area contributed by atoms with Crippen molar-refractivity contribution in [2.45, 2.75) is 6.92 Å². The van der Waals surface area contributed by atoms with Crippen molar-refractivity contribution in [3.8, 4) is 23.0 Å². The predicted molar refractivity (Wildman–Crippen MR) is 226 cm³/mol. The van der Waals surface area contributed by atoms with E-state index in [2.05, 4.69) is 10.6 Å². The fourth-order valence-corrected chi connectivity index (χ4v) is 9.18. The second kappa shape index (κ2) is 17.2. The molecule has 0 saturated heterocycles. The van der Waals surface area contributed by atoms with Gasteiger partial charge in [-0.2, -0.15) is 0 Å². The largest absolute Gasteiger partial charge is 0.478 e. The number of carboxylic acid groups (broad SMARTS) is 2. The third-order valence-corrected chi connectivity index (χ3v) is 12.3. The molecule has 0 spiro atoms. The van der Waals surface area contributed by atoms with Gasteiger partial charge in [-0.15, -0.1) is 0 Å². The van der Waals surface area contributed by atoms with Crippen LogP contribution in [0.5, 0.6) is 23.0 Å². The van der Waals surface area contributed by atoms with Gasteiger partial charge >= 0.3 is 11.9 Å². The highest BCUT2D eigenvalue weighted by Crippen LogP contribution is 2.47. The average molecular weight is 803 g/mol. The molecule has 4 N–H and O–H groups in total. The van der Waals surface area contributed by atoms with Gasteiger partial charge in [0.15, 0.2) is 7.14 Å². The number of carbonyl (C=O) groups excluding carboxylic acids is 2. The Morgan fingerprint density at radius 3 is 1.54 bits per heavy atom. The summed E-state index contributed by atoms with van der Waals surface area (Å²) < 4.78 is 28.4. The Morgan fingerprint density at radius 2 is 0.966 bits per heavy atom. The predicted octanol–water partition coefficient (Wildman–Crippen LogP) is 9.12. The molecule has 292 valence electrons. The first-order chi connectivity index (χ1) is 28.5. The topological polar surface area (TPSA) is 168 Å². The van der Waals surface area contributed by atoms with Gasteiger partial charge in [0, 0.05) is 40.2 Å². The highest BCUT2D eigenvalue weighted by molar-refractivity contribution is 7.85. The van der Waals surface area contributed by atoms with E-state index >= 15 is 4.57 Å². The number of nitrogens with one attached hydrogen (secondary N) is 2. The third-order valence-electron chi connectivity index (χ3n) is 9.21. The van der Waals surface area contributed by atoms with Gasteiger partial charge in [-0.3, -0.25) is 9.59 Å². The number of ether oxygens (including phenoxy) is 2. The summed E-state index contributed by atoms with van der Waals surface area (Å²) in [5, 5.41) is 26.2. The molecule has 59 heavy (non-hydrogen) atoms. The van der Waals surface area contributed by atoms with Gasteiger partial charge in [0.2, 0.25) is 0 Å². The minimum atomic E-state index is -3.61. The summed E-state index contributed by atoms with van der Waals surface area (Å²) in [6, 6.07) is 46.5. The molecule has 11 nitrogen and oxygen atoms in total. The molecule has 2 amide bonds. The number of hydrogen-bond donors (Lipinski definition) is 4. The van der Waals surface area contributed by atoms with Gasteiger partial charge in [-0.1, -0.05) is 96.6 Å². The van der Waals surface area contributed by atoms with E-state index in [1.165, 1.54) is 30.3 Å². The zero-order valence-electron chi connectivity index (χ0n) is 31.4. The van der Waals surface area contributed by atoms with Crippen LogP contribution in [-0.4, -0.2) is 34.0 Å². The van der Waals surface area contributed by atoms with Crippen molar-refractivity contribution >= 4 is 58.2 Å². The molecule has 0 unspecified atom stereocenters. The van der Waals surface area contributed by atoms with E-state index in [0.29, 0.717) is 38.8 Å². The van der Waals surface area contributed by atoms with Crippen LogP contribution in [0.2, 0.25) is 0 Å². The second-order valence-corrected chi connectivity index (χ2v) is 16.0. The zero-order chi connectivity index (χ0) is 41.5. The standard InChI is InChI=1S/C47H35N2O9P/c1-30-22-24-40(47(54)55)41(26-30)45(51)49-31-12-10-14-33(27-31)57-35-23-25-43(59(56,36-16-4-2-5-17-36)37-18-6-3-7-19-37)42(29-35)58-34-15-11-13-32(28-34)48-44(50)38-20-8-9-21-39(38)46(52)53/h2-29H,1H3,(H,48,50)(H,49,51)(H,52,53)(H,54,55). The zero-order valence-corrected chi connectivity index (χ0v) is 32.3. The van der Waals surface area contributed by atoms with E-state index < -0.39 is 30.9 Å². The molecule has 12 heteroatoms. The van der Waals surface area contributed by atoms with Gasteiger partial charge in [0.05, 0.1) is 27.6 Å². The highest BCUT2D eigenvalue weighted by atomic mass is 31.2. The maximum Gasteiger partial charge on any atom is 0.336 e. The van der Waals surface area contributed by atoms with E-state index in [0.717, 1.165) is 5.56 Å². The molecule has 7 aromatic carbocycles. The minimum absolute atomic E-state index is 0.0103. The van der Waals surface area contributed by atoms with Crippen LogP contribution in [0.3, 0.4) is 0 Å². The summed E-state index contributed by atoms with van der Waals surface area (Å²) in [5.41, 5.74) is 1.10. The molecular weight excluding hydrogens is 767 g/mol. The first-order valence-corrected chi connectivity index (χ1v) is 19.9. The van der Waals surface area contributed by atoms with E-state index in [1.54, 1.807) is 110 Å². The van der Waals surface area contributed by atoms with E-state index in [-0.39, 0.29) is 33.8 Å². The van der Waals surface area contributed by atoms with Gasteiger partial charge in [0.25, 0.3) is 11.8 Å². The molecule has 0 aliphatic heterocycles. The maximum absolute atomic E-state index is 15.6. The van der Waals surface area contributed by atoms with Gasteiger partial charge < -0.3 is 34.9 Å². The minimum Gasteiger partial charge on any atom is -0.478 e. The molecule has 0 radical (unpaired) electrons. The Bertz CT molecular complexity index is 2730. The molecule has 0 aliphatic rings. The molecule has 0 bridgehead atoms. The Balaban J connectivity index is 1.24.